The molecule has 1 aromatic carbocycles. The first-order valence-electron chi connectivity index (χ1n) is 9.34. The topological polar surface area (TPSA) is 110 Å². The van der Waals surface area contributed by atoms with Gasteiger partial charge in [0.25, 0.3) is 0 Å². The van der Waals surface area contributed by atoms with Crippen molar-refractivity contribution in [2.24, 2.45) is 0 Å². The molecule has 3 rings (SSSR count). The van der Waals surface area contributed by atoms with Gasteiger partial charge in [-0.05, 0) is 37.0 Å². The minimum atomic E-state index is -3.67. The van der Waals surface area contributed by atoms with E-state index in [1.165, 1.54) is 4.68 Å². The first kappa shape index (κ1) is 20.2. The van der Waals surface area contributed by atoms with Crippen molar-refractivity contribution < 1.29 is 18.0 Å². The predicted molar refractivity (Wildman–Crippen MR) is 106 cm³/mol. The summed E-state index contributed by atoms with van der Waals surface area (Å²) in [5.41, 5.74) is 2.41. The van der Waals surface area contributed by atoms with E-state index in [1.54, 1.807) is 25.1 Å². The maximum Gasteiger partial charge on any atom is 0.249 e. The van der Waals surface area contributed by atoms with Gasteiger partial charge in [-0.15, -0.1) is 0 Å². The highest BCUT2D eigenvalue weighted by Crippen LogP contribution is 2.35. The molecule has 1 aromatic heterocycles. The largest absolute Gasteiger partial charge is 0.310 e. The van der Waals surface area contributed by atoms with E-state index in [0.29, 0.717) is 47.6 Å². The molecule has 8 nitrogen and oxygen atoms in total. The van der Waals surface area contributed by atoms with Crippen LogP contribution in [-0.4, -0.2) is 36.6 Å². The molecule has 2 aromatic rings. The number of fused-ring (bicyclic) bond motifs is 1. The number of hydrogen-bond donors (Lipinski definition) is 2. The number of amides is 1. The van der Waals surface area contributed by atoms with Gasteiger partial charge in [-0.3, -0.25) is 9.59 Å². The van der Waals surface area contributed by atoms with E-state index in [9.17, 15) is 18.0 Å². The molecular weight excluding hydrogens is 380 g/mol. The number of rotatable bonds is 6. The zero-order chi connectivity index (χ0) is 20.5. The summed E-state index contributed by atoms with van der Waals surface area (Å²) in [4.78, 5) is 24.6. The molecule has 28 heavy (non-hydrogen) atoms. The summed E-state index contributed by atoms with van der Waals surface area (Å²) in [5, 5.41) is 7.13. The SMILES string of the molecule is CCCNS(=O)(=O)c1cc(-c2c(CC)nn3c2NC(=O)CCC3=O)ccc1C. The normalized spacial score (nSPS) is 14.5. The van der Waals surface area contributed by atoms with Gasteiger partial charge in [-0.2, -0.15) is 9.78 Å². The van der Waals surface area contributed by atoms with Gasteiger partial charge in [0.1, 0.15) is 5.82 Å². The highest BCUT2D eigenvalue weighted by molar-refractivity contribution is 7.89. The van der Waals surface area contributed by atoms with Gasteiger partial charge >= 0.3 is 0 Å². The second kappa shape index (κ2) is 7.84. The van der Waals surface area contributed by atoms with Crippen LogP contribution in [0, 0.1) is 6.92 Å². The summed E-state index contributed by atoms with van der Waals surface area (Å²) in [6.07, 6.45) is 1.39. The molecule has 0 saturated heterocycles. The third-order valence-electron chi connectivity index (χ3n) is 4.66. The Bertz CT molecular complexity index is 1040. The summed E-state index contributed by atoms with van der Waals surface area (Å²) in [6, 6.07) is 5.08. The third-order valence-corrected chi connectivity index (χ3v) is 6.26. The van der Waals surface area contributed by atoms with Crippen molar-refractivity contribution in [2.45, 2.75) is 51.3 Å². The van der Waals surface area contributed by atoms with E-state index in [4.69, 9.17) is 0 Å². The number of anilines is 1. The fraction of sp³-hybridized carbons (Fsp3) is 0.421. The van der Waals surface area contributed by atoms with E-state index in [2.05, 4.69) is 15.1 Å². The lowest BCUT2D eigenvalue weighted by atomic mass is 10.0. The van der Waals surface area contributed by atoms with Crippen molar-refractivity contribution in [3.8, 4) is 11.1 Å². The zero-order valence-corrected chi connectivity index (χ0v) is 17.0. The molecule has 0 bridgehead atoms. The van der Waals surface area contributed by atoms with E-state index < -0.39 is 10.0 Å². The van der Waals surface area contributed by atoms with Crippen LogP contribution in [0.5, 0.6) is 0 Å². The molecule has 2 heterocycles. The molecule has 1 aliphatic heterocycles. The minimum Gasteiger partial charge on any atom is -0.310 e. The lowest BCUT2D eigenvalue weighted by Crippen LogP contribution is -2.25. The van der Waals surface area contributed by atoms with Gasteiger partial charge in [0.15, 0.2) is 0 Å². The van der Waals surface area contributed by atoms with Gasteiger partial charge < -0.3 is 5.32 Å². The summed E-state index contributed by atoms with van der Waals surface area (Å²) in [7, 11) is -3.67. The number of nitrogens with one attached hydrogen (secondary N) is 2. The van der Waals surface area contributed by atoms with Crippen molar-refractivity contribution in [1.82, 2.24) is 14.5 Å². The van der Waals surface area contributed by atoms with Gasteiger partial charge in [-0.25, -0.2) is 13.1 Å². The second-order valence-corrected chi connectivity index (χ2v) is 8.49. The Morgan fingerprint density at radius 2 is 1.96 bits per heavy atom. The van der Waals surface area contributed by atoms with Crippen LogP contribution in [0.1, 0.15) is 49.2 Å². The maximum atomic E-state index is 12.7. The Morgan fingerprint density at radius 3 is 2.64 bits per heavy atom. The minimum absolute atomic E-state index is 0.0809. The van der Waals surface area contributed by atoms with Gasteiger partial charge in [0.05, 0.1) is 10.6 Å². The van der Waals surface area contributed by atoms with Crippen molar-refractivity contribution >= 4 is 27.7 Å². The monoisotopic (exact) mass is 404 g/mol. The number of carbonyl (C=O) groups excluding carboxylic acids is 2. The van der Waals surface area contributed by atoms with Crippen molar-refractivity contribution in [1.29, 1.82) is 0 Å². The highest BCUT2D eigenvalue weighted by atomic mass is 32.2. The standard InChI is InChI=1S/C19H24N4O4S/c1-4-10-20-28(26,27)15-11-13(7-6-12(15)3)18-14(5-2)22-23-17(25)9-8-16(24)21-19(18)23/h6-7,11,20H,4-5,8-10H2,1-3H3,(H,21,24). The Balaban J connectivity index is 2.18. The van der Waals surface area contributed by atoms with Crippen molar-refractivity contribution in [2.75, 3.05) is 11.9 Å². The Labute approximate surface area is 164 Å². The van der Waals surface area contributed by atoms with Gasteiger partial charge in [0.2, 0.25) is 21.8 Å². The van der Waals surface area contributed by atoms with Crippen LogP contribution in [0.3, 0.4) is 0 Å². The fourth-order valence-electron chi connectivity index (χ4n) is 3.19. The molecule has 9 heteroatoms. The first-order valence-corrected chi connectivity index (χ1v) is 10.8. The molecule has 0 spiro atoms. The number of sulfonamides is 1. The lowest BCUT2D eigenvalue weighted by Gasteiger charge is -2.12. The quantitative estimate of drug-likeness (QED) is 0.769. The van der Waals surface area contributed by atoms with Crippen LogP contribution < -0.4 is 10.0 Å². The number of carbonyl (C=O) groups is 2. The van der Waals surface area contributed by atoms with Crippen LogP contribution >= 0.6 is 0 Å². The zero-order valence-electron chi connectivity index (χ0n) is 16.2. The highest BCUT2D eigenvalue weighted by Gasteiger charge is 2.28. The molecular formula is C19H24N4O4S. The predicted octanol–water partition coefficient (Wildman–Crippen LogP) is 2.48. The third kappa shape index (κ3) is 3.72. The van der Waals surface area contributed by atoms with Crippen LogP contribution in [0.4, 0.5) is 5.82 Å². The lowest BCUT2D eigenvalue weighted by molar-refractivity contribution is -0.116. The summed E-state index contributed by atoms with van der Waals surface area (Å²) in [5.74, 6) is -0.225. The summed E-state index contributed by atoms with van der Waals surface area (Å²) >= 11 is 0. The van der Waals surface area contributed by atoms with Crippen LogP contribution in [0.25, 0.3) is 11.1 Å². The Kier molecular flexibility index (Phi) is 5.66. The molecule has 0 atom stereocenters. The maximum absolute atomic E-state index is 12.7. The average molecular weight is 404 g/mol. The summed E-state index contributed by atoms with van der Waals surface area (Å²) < 4.78 is 29.2. The number of hydrogen-bond acceptors (Lipinski definition) is 5. The molecule has 1 amide bonds. The second-order valence-electron chi connectivity index (χ2n) is 6.76. The van der Waals surface area contributed by atoms with Gasteiger partial charge in [-0.1, -0.05) is 26.0 Å². The molecule has 0 fully saturated rings. The first-order chi connectivity index (χ1) is 13.3. The van der Waals surface area contributed by atoms with E-state index >= 15 is 0 Å². The van der Waals surface area contributed by atoms with Crippen LogP contribution in [-0.2, 0) is 21.2 Å². The van der Waals surface area contributed by atoms with Crippen LogP contribution in [0.15, 0.2) is 23.1 Å². The Morgan fingerprint density at radius 1 is 1.21 bits per heavy atom. The number of benzene rings is 1. The number of aryl methyl sites for hydroxylation is 2. The average Bonchev–Trinajstić information content (AvgIpc) is 2.96. The fourth-order valence-corrected chi connectivity index (χ4v) is 4.59. The molecule has 0 unspecified atom stereocenters. The molecule has 1 aliphatic rings. The van der Waals surface area contributed by atoms with Crippen molar-refractivity contribution in [3.05, 3.63) is 29.5 Å². The van der Waals surface area contributed by atoms with Crippen molar-refractivity contribution in [3.63, 3.8) is 0 Å². The number of nitrogens with zero attached hydrogens (tertiary/aromatic N) is 2. The molecule has 0 aliphatic carbocycles. The smallest absolute Gasteiger partial charge is 0.249 e. The molecule has 0 saturated carbocycles. The molecule has 2 N–H and O–H groups in total. The Hall–Kier alpha value is -2.52. The molecule has 0 radical (unpaired) electrons. The van der Waals surface area contributed by atoms with E-state index in [0.717, 1.165) is 0 Å². The van der Waals surface area contributed by atoms with Crippen LogP contribution in [0.2, 0.25) is 0 Å². The van der Waals surface area contributed by atoms with Gasteiger partial charge in [0, 0.05) is 24.9 Å². The molecule has 150 valence electrons. The summed E-state index contributed by atoms with van der Waals surface area (Å²) in [6.45, 7) is 5.86. The van der Waals surface area contributed by atoms with E-state index in [1.807, 2.05) is 13.8 Å². The number of aromatic nitrogens is 2. The van der Waals surface area contributed by atoms with E-state index in [-0.39, 0.29) is 29.6 Å².